The first-order valence-corrected chi connectivity index (χ1v) is 10.2. The third-order valence-corrected chi connectivity index (χ3v) is 5.12. The lowest BCUT2D eigenvalue weighted by atomic mass is 10.1. The third kappa shape index (κ3) is 5.19. The van der Waals surface area contributed by atoms with Crippen LogP contribution in [0.3, 0.4) is 0 Å². The van der Waals surface area contributed by atoms with Crippen LogP contribution in [0.15, 0.2) is 71.3 Å². The van der Waals surface area contributed by atoms with E-state index in [9.17, 15) is 14.4 Å². The van der Waals surface area contributed by atoms with E-state index in [1.807, 2.05) is 29.2 Å². The van der Waals surface area contributed by atoms with Gasteiger partial charge in [0, 0.05) is 37.3 Å². The van der Waals surface area contributed by atoms with Crippen molar-refractivity contribution < 1.29 is 18.8 Å². The van der Waals surface area contributed by atoms with Crippen molar-refractivity contribution in [3.05, 3.63) is 89.4 Å². The first-order valence-electron chi connectivity index (χ1n) is 10.2. The van der Waals surface area contributed by atoms with E-state index in [1.165, 1.54) is 6.26 Å². The van der Waals surface area contributed by atoms with Crippen LogP contribution in [0.25, 0.3) is 0 Å². The van der Waals surface area contributed by atoms with E-state index in [-0.39, 0.29) is 23.5 Å². The summed E-state index contributed by atoms with van der Waals surface area (Å²) in [6, 6.07) is 17.8. The maximum atomic E-state index is 12.6. The Bertz CT molecular complexity index is 1090. The molecule has 2 aromatic carbocycles. The van der Waals surface area contributed by atoms with Crippen molar-refractivity contribution >= 4 is 23.4 Å². The van der Waals surface area contributed by atoms with Gasteiger partial charge in [0.1, 0.15) is 0 Å². The fraction of sp³-hybridized carbons (Fsp3) is 0.208. The highest BCUT2D eigenvalue weighted by molar-refractivity contribution is 6.03. The molecule has 31 heavy (non-hydrogen) atoms. The smallest absolute Gasteiger partial charge is 0.291 e. The van der Waals surface area contributed by atoms with Gasteiger partial charge in [-0.05, 0) is 47.9 Å². The molecule has 7 nitrogen and oxygen atoms in total. The lowest BCUT2D eigenvalue weighted by Gasteiger charge is -2.16. The van der Waals surface area contributed by atoms with Crippen molar-refractivity contribution in [3.8, 4) is 0 Å². The van der Waals surface area contributed by atoms with Crippen molar-refractivity contribution in [2.75, 3.05) is 11.9 Å². The summed E-state index contributed by atoms with van der Waals surface area (Å²) in [5.41, 5.74) is 2.95. The quantitative estimate of drug-likeness (QED) is 0.615. The van der Waals surface area contributed by atoms with Crippen molar-refractivity contribution in [2.45, 2.75) is 25.9 Å². The minimum Gasteiger partial charge on any atom is -0.459 e. The maximum absolute atomic E-state index is 12.6. The van der Waals surface area contributed by atoms with Gasteiger partial charge in [0.2, 0.25) is 5.91 Å². The van der Waals surface area contributed by atoms with Crippen LogP contribution in [0.2, 0.25) is 0 Å². The van der Waals surface area contributed by atoms with Gasteiger partial charge in [-0.2, -0.15) is 0 Å². The first-order chi connectivity index (χ1) is 15.1. The van der Waals surface area contributed by atoms with Crippen LogP contribution < -0.4 is 10.6 Å². The molecule has 0 unspecified atom stereocenters. The summed E-state index contributed by atoms with van der Waals surface area (Å²) in [6.45, 7) is 1.76. The third-order valence-electron chi connectivity index (χ3n) is 5.12. The average Bonchev–Trinajstić information content (AvgIpc) is 3.45. The zero-order valence-electron chi connectivity index (χ0n) is 17.0. The van der Waals surface area contributed by atoms with Crippen LogP contribution in [-0.4, -0.2) is 29.2 Å². The highest BCUT2D eigenvalue weighted by Crippen LogP contribution is 2.16. The van der Waals surface area contributed by atoms with Crippen LogP contribution in [-0.2, 0) is 17.9 Å². The Morgan fingerprint density at radius 2 is 1.81 bits per heavy atom. The molecule has 0 bridgehead atoms. The first kappa shape index (κ1) is 20.4. The second-order valence-corrected chi connectivity index (χ2v) is 7.43. The molecule has 1 fully saturated rings. The molecule has 0 radical (unpaired) electrons. The van der Waals surface area contributed by atoms with E-state index in [4.69, 9.17) is 4.42 Å². The Balaban J connectivity index is 1.35. The highest BCUT2D eigenvalue weighted by atomic mass is 16.3. The number of nitrogens with one attached hydrogen (secondary N) is 2. The van der Waals surface area contributed by atoms with Gasteiger partial charge in [0.15, 0.2) is 5.76 Å². The molecule has 4 rings (SSSR count). The van der Waals surface area contributed by atoms with Gasteiger partial charge in [-0.1, -0.05) is 30.3 Å². The lowest BCUT2D eigenvalue weighted by molar-refractivity contribution is -0.128. The topological polar surface area (TPSA) is 91.7 Å². The van der Waals surface area contributed by atoms with Crippen molar-refractivity contribution in [3.63, 3.8) is 0 Å². The Morgan fingerprint density at radius 3 is 2.58 bits per heavy atom. The zero-order chi connectivity index (χ0) is 21.6. The van der Waals surface area contributed by atoms with Gasteiger partial charge in [0.05, 0.1) is 6.26 Å². The summed E-state index contributed by atoms with van der Waals surface area (Å²) in [5, 5.41) is 5.62. The van der Waals surface area contributed by atoms with Crippen LogP contribution in [0.1, 0.15) is 44.9 Å². The van der Waals surface area contributed by atoms with Crippen LogP contribution in [0.4, 0.5) is 5.69 Å². The van der Waals surface area contributed by atoms with E-state index in [2.05, 4.69) is 10.6 Å². The fourth-order valence-electron chi connectivity index (χ4n) is 3.55. The second-order valence-electron chi connectivity index (χ2n) is 7.43. The summed E-state index contributed by atoms with van der Waals surface area (Å²) < 4.78 is 5.08. The molecule has 1 aliphatic heterocycles. The number of amides is 3. The molecule has 0 aliphatic carbocycles. The molecular weight excluding hydrogens is 394 g/mol. The monoisotopic (exact) mass is 417 g/mol. The normalized spacial score (nSPS) is 13.3. The average molecular weight is 417 g/mol. The van der Waals surface area contributed by atoms with E-state index >= 15 is 0 Å². The number of likely N-dealkylation sites (tertiary alicyclic amines) is 1. The van der Waals surface area contributed by atoms with Crippen LogP contribution in [0, 0.1) is 0 Å². The molecule has 1 aromatic heterocycles. The summed E-state index contributed by atoms with van der Waals surface area (Å²) in [4.78, 5) is 38.4. The molecule has 158 valence electrons. The van der Waals surface area contributed by atoms with Gasteiger partial charge in [-0.25, -0.2) is 0 Å². The van der Waals surface area contributed by atoms with E-state index < -0.39 is 0 Å². The minimum absolute atomic E-state index is 0.192. The predicted molar refractivity (Wildman–Crippen MR) is 115 cm³/mol. The minimum atomic E-state index is -0.379. The Kier molecular flexibility index (Phi) is 6.12. The molecule has 1 saturated heterocycles. The van der Waals surface area contributed by atoms with Gasteiger partial charge >= 0.3 is 0 Å². The maximum Gasteiger partial charge on any atom is 0.291 e. The van der Waals surface area contributed by atoms with Gasteiger partial charge in [-0.3, -0.25) is 14.4 Å². The highest BCUT2D eigenvalue weighted by Gasteiger charge is 2.20. The molecule has 3 aromatic rings. The SMILES string of the molecule is O=C(NCc1cccc(CN2CCCC2=O)c1)c1cccc(NC(=O)c2ccco2)c1. The lowest BCUT2D eigenvalue weighted by Crippen LogP contribution is -2.24. The molecular formula is C24H23N3O4. The Hall–Kier alpha value is -3.87. The Labute approximate surface area is 180 Å². The van der Waals surface area contributed by atoms with Gasteiger partial charge < -0.3 is 20.0 Å². The summed E-state index contributed by atoms with van der Waals surface area (Å²) in [7, 11) is 0. The summed E-state index contributed by atoms with van der Waals surface area (Å²) in [5.74, 6) is -0.229. The number of rotatable bonds is 7. The predicted octanol–water partition coefficient (Wildman–Crippen LogP) is 3.58. The number of benzene rings is 2. The fourth-order valence-corrected chi connectivity index (χ4v) is 3.55. The number of nitrogens with zero attached hydrogens (tertiary/aromatic N) is 1. The molecule has 3 amide bonds. The molecule has 7 heteroatoms. The number of hydrogen-bond acceptors (Lipinski definition) is 4. The van der Waals surface area contributed by atoms with Crippen molar-refractivity contribution in [1.29, 1.82) is 0 Å². The summed E-state index contributed by atoms with van der Waals surface area (Å²) >= 11 is 0. The van der Waals surface area contributed by atoms with Crippen LogP contribution >= 0.6 is 0 Å². The molecule has 2 heterocycles. The van der Waals surface area contributed by atoms with E-state index in [1.54, 1.807) is 36.4 Å². The molecule has 1 aliphatic rings. The number of furan rings is 1. The summed E-state index contributed by atoms with van der Waals surface area (Å²) in [6.07, 6.45) is 2.96. The van der Waals surface area contributed by atoms with Crippen LogP contribution in [0.5, 0.6) is 0 Å². The van der Waals surface area contributed by atoms with Gasteiger partial charge in [0.25, 0.3) is 11.8 Å². The van der Waals surface area contributed by atoms with Crippen molar-refractivity contribution in [1.82, 2.24) is 10.2 Å². The molecule has 0 saturated carbocycles. The Morgan fingerprint density at radius 1 is 0.968 bits per heavy atom. The van der Waals surface area contributed by atoms with E-state index in [0.29, 0.717) is 30.8 Å². The number of carbonyl (C=O) groups excluding carboxylic acids is 3. The standard InChI is InChI=1S/C24H23N3O4/c28-22-10-3-11-27(22)16-18-6-1-5-17(13-18)15-25-23(29)19-7-2-8-20(14-19)26-24(30)21-9-4-12-31-21/h1-2,4-9,12-14H,3,10-11,15-16H2,(H,25,29)(H,26,30). The van der Waals surface area contributed by atoms with E-state index in [0.717, 1.165) is 24.1 Å². The number of carbonyl (C=O) groups is 3. The van der Waals surface area contributed by atoms with Crippen molar-refractivity contribution in [2.24, 2.45) is 0 Å². The zero-order valence-corrected chi connectivity index (χ0v) is 17.0. The molecule has 0 spiro atoms. The molecule has 2 N–H and O–H groups in total. The molecule has 0 atom stereocenters. The largest absolute Gasteiger partial charge is 0.459 e. The number of hydrogen-bond donors (Lipinski definition) is 2. The van der Waals surface area contributed by atoms with Gasteiger partial charge in [-0.15, -0.1) is 0 Å². The number of anilines is 1. The second kappa shape index (κ2) is 9.30.